The van der Waals surface area contributed by atoms with Crippen molar-refractivity contribution in [2.45, 2.75) is 12.5 Å². The number of ether oxygens (including phenoxy) is 1. The summed E-state index contributed by atoms with van der Waals surface area (Å²) in [5.74, 6) is -0.100. The third-order valence-corrected chi connectivity index (χ3v) is 2.82. The highest BCUT2D eigenvalue weighted by molar-refractivity contribution is 6.30. The van der Waals surface area contributed by atoms with E-state index in [-0.39, 0.29) is 6.42 Å². The van der Waals surface area contributed by atoms with Crippen LogP contribution in [0.1, 0.15) is 18.1 Å². The van der Waals surface area contributed by atoms with Crippen LogP contribution in [0.15, 0.2) is 54.6 Å². The minimum Gasteiger partial charge on any atom is -0.426 e. The lowest BCUT2D eigenvalue weighted by Crippen LogP contribution is -2.12. The predicted octanol–water partition coefficient (Wildman–Crippen LogP) is 3.81. The molecule has 0 unspecified atom stereocenters. The lowest BCUT2D eigenvalue weighted by molar-refractivity contribution is -0.137. The lowest BCUT2D eigenvalue weighted by atomic mass is 10.1. The molecule has 0 bridgehead atoms. The zero-order valence-electron chi connectivity index (χ0n) is 10.1. The number of rotatable bonds is 4. The van der Waals surface area contributed by atoms with Crippen molar-refractivity contribution in [3.05, 3.63) is 65.2 Å². The van der Waals surface area contributed by atoms with Gasteiger partial charge in [0.05, 0.1) is 6.42 Å². The molecule has 0 aliphatic carbocycles. The molecular weight excluding hydrogens is 264 g/mol. The first-order valence-corrected chi connectivity index (χ1v) is 6.20. The van der Waals surface area contributed by atoms with E-state index >= 15 is 0 Å². The minimum atomic E-state index is -1.14. The van der Waals surface area contributed by atoms with Gasteiger partial charge in [0.2, 0.25) is 0 Å². The third-order valence-electron chi connectivity index (χ3n) is 2.57. The second-order valence-corrected chi connectivity index (χ2v) is 4.47. The number of esters is 1. The molecule has 0 aromatic heterocycles. The Morgan fingerprint density at radius 2 is 1.68 bits per heavy atom. The van der Waals surface area contributed by atoms with Gasteiger partial charge < -0.3 is 4.74 Å². The molecule has 0 saturated heterocycles. The highest BCUT2D eigenvalue weighted by Gasteiger charge is 2.16. The van der Waals surface area contributed by atoms with E-state index in [1.165, 1.54) is 0 Å². The van der Waals surface area contributed by atoms with Crippen molar-refractivity contribution >= 4 is 17.6 Å². The molecule has 0 fully saturated rings. The topological polar surface area (TPSA) is 46.2 Å². The van der Waals surface area contributed by atoms with Gasteiger partial charge in [0.15, 0.2) is 0 Å². The van der Waals surface area contributed by atoms with Crippen molar-refractivity contribution in [1.82, 2.24) is 0 Å². The molecule has 0 aliphatic rings. The van der Waals surface area contributed by atoms with Crippen LogP contribution >= 0.6 is 11.6 Å². The van der Waals surface area contributed by atoms with Crippen LogP contribution in [0.25, 0.3) is 0 Å². The fraction of sp³-hybridized carbons (Fsp3) is 0.133. The average molecular weight is 276 g/mol. The van der Waals surface area contributed by atoms with Gasteiger partial charge in [-0.05, 0) is 29.8 Å². The molecule has 4 heteroatoms. The van der Waals surface area contributed by atoms with E-state index in [0.717, 1.165) is 0 Å². The van der Waals surface area contributed by atoms with E-state index in [1.807, 2.05) is 6.07 Å². The Balaban J connectivity index is 1.93. The van der Waals surface area contributed by atoms with Crippen LogP contribution in [0.5, 0.6) is 5.75 Å². The van der Waals surface area contributed by atoms with Crippen molar-refractivity contribution in [1.29, 1.82) is 0 Å². The zero-order valence-corrected chi connectivity index (χ0v) is 10.8. The standard InChI is InChI=1S/C15H12ClO3/c16-12-8-6-11(7-9-12)14(17)10-15(18)19-13-4-2-1-3-5-13/h1-9,14H,10H2/t14-/m0/s1. The number of carbonyl (C=O) groups is 1. The number of para-hydroxylation sites is 1. The van der Waals surface area contributed by atoms with Crippen LogP contribution in [0.3, 0.4) is 0 Å². The van der Waals surface area contributed by atoms with Gasteiger partial charge in [-0.25, -0.2) is 5.11 Å². The van der Waals surface area contributed by atoms with Crippen LogP contribution < -0.4 is 4.74 Å². The molecule has 0 spiro atoms. The second-order valence-electron chi connectivity index (χ2n) is 4.03. The van der Waals surface area contributed by atoms with Gasteiger partial charge in [0.1, 0.15) is 11.9 Å². The average Bonchev–Trinajstić information content (AvgIpc) is 2.40. The van der Waals surface area contributed by atoms with Crippen LogP contribution in [-0.4, -0.2) is 5.97 Å². The van der Waals surface area contributed by atoms with Gasteiger partial charge in [-0.3, -0.25) is 4.79 Å². The Labute approximate surface area is 116 Å². The molecule has 2 rings (SSSR count). The molecule has 0 aliphatic heterocycles. The summed E-state index contributed by atoms with van der Waals surface area (Å²) in [7, 11) is 0. The van der Waals surface area contributed by atoms with Gasteiger partial charge in [0.25, 0.3) is 0 Å². The molecule has 0 N–H and O–H groups in total. The first-order chi connectivity index (χ1) is 9.15. The maximum atomic E-state index is 11.9. The maximum Gasteiger partial charge on any atom is 0.314 e. The molecule has 0 heterocycles. The highest BCUT2D eigenvalue weighted by atomic mass is 35.5. The fourth-order valence-corrected chi connectivity index (χ4v) is 1.73. The molecule has 1 atom stereocenters. The van der Waals surface area contributed by atoms with Crippen LogP contribution in [0.4, 0.5) is 0 Å². The summed E-state index contributed by atoms with van der Waals surface area (Å²) in [5, 5.41) is 12.5. The van der Waals surface area contributed by atoms with E-state index in [9.17, 15) is 9.90 Å². The lowest BCUT2D eigenvalue weighted by Gasteiger charge is -2.08. The number of halogens is 1. The first-order valence-electron chi connectivity index (χ1n) is 5.82. The molecule has 1 radical (unpaired) electrons. The smallest absolute Gasteiger partial charge is 0.314 e. The molecule has 2 aromatic rings. The Morgan fingerprint density at radius 3 is 2.32 bits per heavy atom. The van der Waals surface area contributed by atoms with E-state index in [2.05, 4.69) is 0 Å². The molecule has 2 aromatic carbocycles. The van der Waals surface area contributed by atoms with E-state index in [0.29, 0.717) is 16.3 Å². The summed E-state index contributed by atoms with van der Waals surface area (Å²) < 4.78 is 5.07. The summed E-state index contributed by atoms with van der Waals surface area (Å²) >= 11 is 5.74. The SMILES string of the molecule is [O][C@@H](CC(=O)Oc1ccccc1)c1ccc(Cl)cc1. The monoisotopic (exact) mass is 275 g/mol. The van der Waals surface area contributed by atoms with Gasteiger partial charge in [-0.15, -0.1) is 0 Å². The number of benzene rings is 2. The van der Waals surface area contributed by atoms with Crippen molar-refractivity contribution in [2.75, 3.05) is 0 Å². The van der Waals surface area contributed by atoms with Gasteiger partial charge in [-0.1, -0.05) is 41.9 Å². The molecule has 3 nitrogen and oxygen atoms in total. The van der Waals surface area contributed by atoms with Gasteiger partial charge in [0, 0.05) is 5.02 Å². The Hall–Kier alpha value is -1.84. The number of carbonyl (C=O) groups excluding carboxylic acids is 1. The quantitative estimate of drug-likeness (QED) is 0.629. The summed E-state index contributed by atoms with van der Waals surface area (Å²) in [6, 6.07) is 15.2. The summed E-state index contributed by atoms with van der Waals surface area (Å²) in [6.07, 6.45) is -1.36. The number of hydrogen-bond acceptors (Lipinski definition) is 2. The highest BCUT2D eigenvalue weighted by Crippen LogP contribution is 2.21. The molecule has 0 amide bonds. The minimum absolute atomic E-state index is 0.212. The largest absolute Gasteiger partial charge is 0.426 e. The number of hydrogen-bond donors (Lipinski definition) is 0. The van der Waals surface area contributed by atoms with Crippen molar-refractivity contribution < 1.29 is 14.6 Å². The molecule has 19 heavy (non-hydrogen) atoms. The Bertz CT molecular complexity index is 537. The third kappa shape index (κ3) is 4.09. The van der Waals surface area contributed by atoms with Crippen molar-refractivity contribution in [2.24, 2.45) is 0 Å². The van der Waals surface area contributed by atoms with E-state index < -0.39 is 12.1 Å². The zero-order chi connectivity index (χ0) is 13.7. The van der Waals surface area contributed by atoms with Crippen LogP contribution in [0, 0.1) is 0 Å². The van der Waals surface area contributed by atoms with Crippen LogP contribution in [0.2, 0.25) is 5.02 Å². The van der Waals surface area contributed by atoms with E-state index in [1.54, 1.807) is 48.5 Å². The second kappa shape index (κ2) is 6.36. The predicted molar refractivity (Wildman–Crippen MR) is 71.6 cm³/mol. The van der Waals surface area contributed by atoms with Crippen molar-refractivity contribution in [3.8, 4) is 5.75 Å². The summed E-state index contributed by atoms with van der Waals surface area (Å²) in [6.45, 7) is 0. The van der Waals surface area contributed by atoms with Crippen molar-refractivity contribution in [3.63, 3.8) is 0 Å². The normalized spacial score (nSPS) is 11.9. The summed E-state index contributed by atoms with van der Waals surface area (Å²) in [5.41, 5.74) is 0.523. The van der Waals surface area contributed by atoms with Gasteiger partial charge >= 0.3 is 5.97 Å². The molecule has 0 saturated carbocycles. The molecular formula is C15H12ClO3. The van der Waals surface area contributed by atoms with Gasteiger partial charge in [-0.2, -0.15) is 0 Å². The summed E-state index contributed by atoms with van der Waals surface area (Å²) in [4.78, 5) is 11.6. The van der Waals surface area contributed by atoms with Crippen LogP contribution in [-0.2, 0) is 9.90 Å². The van der Waals surface area contributed by atoms with E-state index in [4.69, 9.17) is 16.3 Å². The Morgan fingerprint density at radius 1 is 1.05 bits per heavy atom. The first kappa shape index (κ1) is 13.6. The molecule has 97 valence electrons. The Kier molecular flexibility index (Phi) is 4.55. The fourth-order valence-electron chi connectivity index (χ4n) is 1.61. The maximum absolute atomic E-state index is 11.9.